The van der Waals surface area contributed by atoms with Crippen molar-refractivity contribution in [2.45, 2.75) is 50.3 Å². The average molecular weight is 344 g/mol. The Bertz CT molecular complexity index is 365. The topological polar surface area (TPSA) is 40.2 Å². The van der Waals surface area contributed by atoms with E-state index >= 15 is 0 Å². The highest BCUT2D eigenvalue weighted by Gasteiger charge is 2.46. The van der Waals surface area contributed by atoms with E-state index in [1.807, 2.05) is 0 Å². The molecular weight excluding hydrogens is 310 g/mol. The van der Waals surface area contributed by atoms with Crippen molar-refractivity contribution in [3.63, 3.8) is 0 Å². The Morgan fingerprint density at radius 2 is 2.04 bits per heavy atom. The SMILES string of the molecule is C=CC1CCC2O[Si](OC)(OC)CCCN(CCCOC)C2C1. The monoisotopic (exact) mass is 343 g/mol. The quantitative estimate of drug-likeness (QED) is 0.404. The van der Waals surface area contributed by atoms with Gasteiger partial charge in [-0.15, -0.1) is 6.58 Å². The van der Waals surface area contributed by atoms with Crippen LogP contribution in [0.3, 0.4) is 0 Å². The Hall–Kier alpha value is -0.243. The van der Waals surface area contributed by atoms with Gasteiger partial charge in [0.25, 0.3) is 0 Å². The van der Waals surface area contributed by atoms with E-state index in [0.717, 1.165) is 57.8 Å². The van der Waals surface area contributed by atoms with Crippen molar-refractivity contribution in [3.8, 4) is 0 Å². The summed E-state index contributed by atoms with van der Waals surface area (Å²) in [6.45, 7) is 6.97. The molecule has 1 aliphatic carbocycles. The van der Waals surface area contributed by atoms with Crippen molar-refractivity contribution < 1.29 is 18.0 Å². The third kappa shape index (κ3) is 4.87. The van der Waals surface area contributed by atoms with E-state index in [1.165, 1.54) is 0 Å². The molecule has 3 unspecified atom stereocenters. The Morgan fingerprint density at radius 1 is 1.26 bits per heavy atom. The second-order valence-electron chi connectivity index (χ2n) is 6.61. The average Bonchev–Trinajstić information content (AvgIpc) is 2.58. The van der Waals surface area contributed by atoms with Gasteiger partial charge in [-0.05, 0) is 44.6 Å². The van der Waals surface area contributed by atoms with Gasteiger partial charge >= 0.3 is 8.80 Å². The molecule has 1 saturated carbocycles. The number of hydrogen-bond acceptors (Lipinski definition) is 5. The van der Waals surface area contributed by atoms with Crippen LogP contribution >= 0.6 is 0 Å². The van der Waals surface area contributed by atoms with Gasteiger partial charge in [0.2, 0.25) is 0 Å². The predicted molar refractivity (Wildman–Crippen MR) is 93.5 cm³/mol. The maximum atomic E-state index is 6.50. The van der Waals surface area contributed by atoms with E-state index in [9.17, 15) is 0 Å². The fourth-order valence-corrected chi connectivity index (χ4v) is 6.13. The summed E-state index contributed by atoms with van der Waals surface area (Å²) in [5.74, 6) is 0.588. The van der Waals surface area contributed by atoms with Crippen LogP contribution in [-0.4, -0.2) is 66.9 Å². The molecule has 0 bridgehead atoms. The molecule has 2 rings (SSSR count). The van der Waals surface area contributed by atoms with Gasteiger partial charge in [-0.2, -0.15) is 0 Å². The molecule has 3 atom stereocenters. The summed E-state index contributed by atoms with van der Waals surface area (Å²) in [6.07, 6.45) is 7.77. The van der Waals surface area contributed by atoms with Crippen molar-refractivity contribution >= 4 is 8.80 Å². The van der Waals surface area contributed by atoms with Crippen LogP contribution in [0.2, 0.25) is 6.04 Å². The van der Waals surface area contributed by atoms with Crippen LogP contribution in [0.5, 0.6) is 0 Å². The minimum atomic E-state index is -2.50. The number of nitrogens with zero attached hydrogens (tertiary/aromatic N) is 1. The van der Waals surface area contributed by atoms with E-state index in [2.05, 4.69) is 17.6 Å². The number of hydrogen-bond donors (Lipinski definition) is 0. The fourth-order valence-electron chi connectivity index (χ4n) is 3.91. The lowest BCUT2D eigenvalue weighted by molar-refractivity contribution is -0.0346. The molecule has 6 heteroatoms. The van der Waals surface area contributed by atoms with Crippen molar-refractivity contribution in [3.05, 3.63) is 12.7 Å². The number of ether oxygens (including phenoxy) is 1. The smallest absolute Gasteiger partial charge is 0.385 e. The van der Waals surface area contributed by atoms with Crippen LogP contribution in [0.15, 0.2) is 12.7 Å². The maximum absolute atomic E-state index is 6.50. The predicted octanol–water partition coefficient (Wildman–Crippen LogP) is 2.70. The minimum absolute atomic E-state index is 0.209. The molecule has 0 aromatic carbocycles. The van der Waals surface area contributed by atoms with Gasteiger partial charge in [-0.1, -0.05) is 6.08 Å². The molecule has 0 aromatic rings. The lowest BCUT2D eigenvalue weighted by Gasteiger charge is -2.46. The van der Waals surface area contributed by atoms with Gasteiger partial charge in [0.1, 0.15) is 0 Å². The van der Waals surface area contributed by atoms with Gasteiger partial charge in [0, 0.05) is 46.6 Å². The van der Waals surface area contributed by atoms with Crippen molar-refractivity contribution in [1.82, 2.24) is 4.90 Å². The number of fused-ring (bicyclic) bond motifs is 1. The Balaban J connectivity index is 2.11. The largest absolute Gasteiger partial charge is 0.500 e. The standard InChI is InChI=1S/C17H33NO4Si/c1-5-15-8-9-17-16(14-15)18(10-6-12-19-2)11-7-13-23(20-3,21-4)22-17/h5,15-17H,1,6-14H2,2-4H3. The zero-order chi connectivity index (χ0) is 16.7. The summed E-state index contributed by atoms with van der Waals surface area (Å²) in [6, 6.07) is 1.33. The Labute approximate surface area is 142 Å². The van der Waals surface area contributed by atoms with Crippen LogP contribution < -0.4 is 0 Å². The number of rotatable bonds is 7. The van der Waals surface area contributed by atoms with Crippen LogP contribution in [0.4, 0.5) is 0 Å². The summed E-state index contributed by atoms with van der Waals surface area (Å²) < 4.78 is 23.2. The first-order chi connectivity index (χ1) is 11.2. The molecule has 0 radical (unpaired) electrons. The van der Waals surface area contributed by atoms with Crippen molar-refractivity contribution in [2.75, 3.05) is 41.0 Å². The molecule has 1 aliphatic heterocycles. The highest BCUT2D eigenvalue weighted by molar-refractivity contribution is 6.60. The van der Waals surface area contributed by atoms with Gasteiger partial charge in [-0.25, -0.2) is 0 Å². The molecule has 0 N–H and O–H groups in total. The van der Waals surface area contributed by atoms with Crippen molar-refractivity contribution in [2.24, 2.45) is 5.92 Å². The molecule has 0 amide bonds. The minimum Gasteiger partial charge on any atom is -0.385 e. The summed E-state index contributed by atoms with van der Waals surface area (Å²) >= 11 is 0. The van der Waals surface area contributed by atoms with Gasteiger partial charge in [0.05, 0.1) is 6.10 Å². The molecule has 0 spiro atoms. The fraction of sp³-hybridized carbons (Fsp3) is 0.882. The lowest BCUT2D eigenvalue weighted by atomic mass is 9.83. The van der Waals surface area contributed by atoms with Crippen molar-refractivity contribution in [1.29, 1.82) is 0 Å². The van der Waals surface area contributed by atoms with Gasteiger partial charge < -0.3 is 18.0 Å². The van der Waals surface area contributed by atoms with Gasteiger partial charge in [0.15, 0.2) is 0 Å². The maximum Gasteiger partial charge on any atom is 0.500 e. The van der Waals surface area contributed by atoms with E-state index in [1.54, 1.807) is 21.3 Å². The Kier molecular flexibility index (Phi) is 7.71. The molecular formula is C17H33NO4Si. The van der Waals surface area contributed by atoms with Gasteiger partial charge in [-0.3, -0.25) is 4.90 Å². The highest BCUT2D eigenvalue weighted by Crippen LogP contribution is 2.35. The lowest BCUT2D eigenvalue weighted by Crippen LogP contribution is -2.57. The molecule has 134 valence electrons. The first kappa shape index (κ1) is 19.1. The Morgan fingerprint density at radius 3 is 2.70 bits per heavy atom. The second kappa shape index (κ2) is 9.29. The summed E-state index contributed by atoms with van der Waals surface area (Å²) in [4.78, 5) is 2.60. The van der Waals surface area contributed by atoms with E-state index in [0.29, 0.717) is 12.0 Å². The highest BCUT2D eigenvalue weighted by atomic mass is 28.4. The first-order valence-corrected chi connectivity index (χ1v) is 10.7. The molecule has 5 nitrogen and oxygen atoms in total. The molecule has 1 heterocycles. The van der Waals surface area contributed by atoms with Crippen LogP contribution in [-0.2, 0) is 18.0 Å². The molecule has 2 fully saturated rings. The summed E-state index contributed by atoms with van der Waals surface area (Å²) in [5.41, 5.74) is 0. The van der Waals surface area contributed by atoms with E-state index in [-0.39, 0.29) is 6.10 Å². The zero-order valence-electron chi connectivity index (χ0n) is 15.0. The summed E-state index contributed by atoms with van der Waals surface area (Å²) in [5, 5.41) is 0. The summed E-state index contributed by atoms with van der Waals surface area (Å²) in [7, 11) is 2.74. The first-order valence-electron chi connectivity index (χ1n) is 8.81. The normalized spacial score (nSPS) is 31.9. The van der Waals surface area contributed by atoms with E-state index in [4.69, 9.17) is 18.0 Å². The molecule has 2 aliphatic rings. The third-order valence-electron chi connectivity index (χ3n) is 5.27. The number of allylic oxidation sites excluding steroid dienone is 1. The third-order valence-corrected chi connectivity index (χ3v) is 8.14. The second-order valence-corrected chi connectivity index (χ2v) is 9.53. The molecule has 1 saturated heterocycles. The van der Waals surface area contributed by atoms with E-state index < -0.39 is 8.80 Å². The number of methoxy groups -OCH3 is 1. The van der Waals surface area contributed by atoms with Crippen LogP contribution in [0.25, 0.3) is 0 Å². The molecule has 0 aromatic heterocycles. The zero-order valence-corrected chi connectivity index (χ0v) is 16.0. The van der Waals surface area contributed by atoms with Crippen LogP contribution in [0, 0.1) is 5.92 Å². The van der Waals surface area contributed by atoms with Crippen LogP contribution in [0.1, 0.15) is 32.1 Å². The molecule has 23 heavy (non-hydrogen) atoms.